The highest BCUT2D eigenvalue weighted by atomic mass is 28.5. The summed E-state index contributed by atoms with van der Waals surface area (Å²) in [6.07, 6.45) is -1.13. The number of carbonyl (C=O) groups excluding carboxylic acids is 2. The second-order valence-electron chi connectivity index (χ2n) is 11.1. The monoisotopic (exact) mass is 529 g/mol. The van der Waals surface area contributed by atoms with Gasteiger partial charge in [-0.05, 0) is 83.5 Å². The van der Waals surface area contributed by atoms with Crippen LogP contribution >= 0.6 is 0 Å². The number of nitrogens with zero attached hydrogens (tertiary/aromatic N) is 1. The first-order valence-electron chi connectivity index (χ1n) is 11.3. The number of benzene rings is 1. The second-order valence-corrected chi connectivity index (χ2v) is 27.6. The van der Waals surface area contributed by atoms with Crippen LogP contribution in [0.5, 0.6) is 0 Å². The van der Waals surface area contributed by atoms with E-state index in [2.05, 4.69) is 58.9 Å². The second kappa shape index (κ2) is 9.95. The van der Waals surface area contributed by atoms with Gasteiger partial charge in [-0.1, -0.05) is 6.07 Å². The van der Waals surface area contributed by atoms with Gasteiger partial charge in [0, 0.05) is 12.1 Å². The van der Waals surface area contributed by atoms with Gasteiger partial charge in [-0.15, -0.1) is 0 Å². The van der Waals surface area contributed by atoms with Crippen LogP contribution in [0.2, 0.25) is 65.0 Å². The Morgan fingerprint density at radius 2 is 1.36 bits per heavy atom. The molecular formula is C21H39NO7Si4. The number of fused-ring (bicyclic) bond motifs is 1. The summed E-state index contributed by atoms with van der Waals surface area (Å²) in [4.78, 5) is 26.9. The molecule has 0 fully saturated rings. The van der Waals surface area contributed by atoms with Crippen molar-refractivity contribution in [3.8, 4) is 0 Å². The Morgan fingerprint density at radius 1 is 0.818 bits per heavy atom. The lowest BCUT2D eigenvalue weighted by Gasteiger charge is -2.41. The first-order chi connectivity index (χ1) is 14.8. The van der Waals surface area contributed by atoms with Gasteiger partial charge in [0.25, 0.3) is 11.8 Å². The third-order valence-corrected chi connectivity index (χ3v) is 18.4. The minimum Gasteiger partial charge on any atom is -0.437 e. The minimum atomic E-state index is -2.63. The topological polar surface area (TPSA) is 106 Å². The fraction of sp³-hybridized carbons (Fsp3) is 0.619. The van der Waals surface area contributed by atoms with Crippen LogP contribution in [0.15, 0.2) is 18.2 Å². The van der Waals surface area contributed by atoms with Gasteiger partial charge in [0.15, 0.2) is 22.9 Å². The molecule has 33 heavy (non-hydrogen) atoms. The molecule has 1 aromatic rings. The first kappa shape index (κ1) is 28.3. The maximum Gasteiger partial charge on any atom is 0.315 e. The van der Waals surface area contributed by atoms with Crippen LogP contribution in [-0.4, -0.2) is 67.2 Å². The molecule has 186 valence electrons. The molecule has 0 saturated heterocycles. The standard InChI is InChI=1S/C21H39NO7Si4/c1-30(2,3)27-32(7,8)29-33(9,28-31(4,5)6)14-10-13-22-19(23)17-12-11-16(21(25)26)15-18(17)20(22)24/h11-12,15,21,25-26H,10,13-14H2,1-9H3. The van der Waals surface area contributed by atoms with Gasteiger partial charge in [-0.2, -0.15) is 0 Å². The Bertz CT molecular complexity index is 896. The van der Waals surface area contributed by atoms with Crippen LogP contribution in [0.1, 0.15) is 39.0 Å². The molecule has 0 aromatic heterocycles. The lowest BCUT2D eigenvalue weighted by atomic mass is 10.1. The number of hydrogen-bond acceptors (Lipinski definition) is 7. The number of imide groups is 1. The van der Waals surface area contributed by atoms with Crippen molar-refractivity contribution in [3.05, 3.63) is 34.9 Å². The molecule has 1 heterocycles. The SMILES string of the molecule is C[Si](C)(C)O[Si](C)(C)O[Si](C)(CCCN1C(=O)c2ccc(C(O)O)cc2C1=O)O[Si](C)(C)C. The Morgan fingerprint density at radius 3 is 1.88 bits per heavy atom. The van der Waals surface area contributed by atoms with E-state index in [4.69, 9.17) is 12.3 Å². The molecule has 0 radical (unpaired) electrons. The molecule has 0 saturated carbocycles. The molecule has 0 aliphatic carbocycles. The van der Waals surface area contributed by atoms with Gasteiger partial charge >= 0.3 is 17.1 Å². The molecule has 2 rings (SSSR count). The first-order valence-corrected chi connectivity index (χ1v) is 23.4. The van der Waals surface area contributed by atoms with Crippen molar-refractivity contribution in [1.29, 1.82) is 0 Å². The lowest BCUT2D eigenvalue weighted by molar-refractivity contribution is -0.0425. The van der Waals surface area contributed by atoms with E-state index in [-0.39, 0.29) is 29.1 Å². The van der Waals surface area contributed by atoms with Crippen molar-refractivity contribution >= 4 is 45.6 Å². The van der Waals surface area contributed by atoms with Crippen LogP contribution in [0.3, 0.4) is 0 Å². The third-order valence-electron chi connectivity index (χ3n) is 4.84. The molecule has 0 bridgehead atoms. The molecule has 1 aliphatic heterocycles. The maximum absolute atomic E-state index is 12.8. The minimum absolute atomic E-state index is 0.184. The predicted molar refractivity (Wildman–Crippen MR) is 137 cm³/mol. The fourth-order valence-corrected chi connectivity index (χ4v) is 22.2. The molecule has 1 unspecified atom stereocenters. The molecule has 2 amide bonds. The van der Waals surface area contributed by atoms with Gasteiger partial charge < -0.3 is 22.6 Å². The number of aliphatic hydroxyl groups excluding tert-OH is 1. The van der Waals surface area contributed by atoms with Crippen molar-refractivity contribution in [1.82, 2.24) is 4.90 Å². The maximum atomic E-state index is 12.8. The predicted octanol–water partition coefficient (Wildman–Crippen LogP) is 4.15. The fourth-order valence-electron chi connectivity index (χ4n) is 4.28. The van der Waals surface area contributed by atoms with Gasteiger partial charge in [-0.3, -0.25) is 14.5 Å². The Kier molecular flexibility index (Phi) is 8.52. The van der Waals surface area contributed by atoms with E-state index in [0.717, 1.165) is 0 Å². The van der Waals surface area contributed by atoms with Gasteiger partial charge in [0.05, 0.1) is 11.1 Å². The van der Waals surface area contributed by atoms with Crippen molar-refractivity contribution in [2.24, 2.45) is 0 Å². The Balaban J connectivity index is 2.13. The largest absolute Gasteiger partial charge is 0.437 e. The Hall–Kier alpha value is -0.972. The van der Waals surface area contributed by atoms with Gasteiger partial charge in [-0.25, -0.2) is 0 Å². The molecule has 12 heteroatoms. The van der Waals surface area contributed by atoms with Gasteiger partial charge in [0.1, 0.15) is 0 Å². The van der Waals surface area contributed by atoms with E-state index in [1.165, 1.54) is 23.1 Å². The van der Waals surface area contributed by atoms with Crippen LogP contribution in [0.25, 0.3) is 0 Å². The average molecular weight is 530 g/mol. The molecule has 0 spiro atoms. The summed E-state index contributed by atoms with van der Waals surface area (Å²) in [6, 6.07) is 4.93. The van der Waals surface area contributed by atoms with Crippen LogP contribution < -0.4 is 0 Å². The quantitative estimate of drug-likeness (QED) is 0.252. The molecule has 2 N–H and O–H groups in total. The highest BCUT2D eigenvalue weighted by Crippen LogP contribution is 2.30. The number of rotatable bonds is 11. The molecule has 1 aliphatic rings. The summed E-state index contributed by atoms with van der Waals surface area (Å²) in [7, 11) is -8.76. The van der Waals surface area contributed by atoms with E-state index in [0.29, 0.717) is 12.5 Å². The Labute approximate surface area is 201 Å². The van der Waals surface area contributed by atoms with E-state index in [1.54, 1.807) is 0 Å². The molecule has 8 nitrogen and oxygen atoms in total. The average Bonchev–Trinajstić information content (AvgIpc) is 2.81. The lowest BCUT2D eigenvalue weighted by Crippen LogP contribution is -2.57. The third kappa shape index (κ3) is 8.04. The van der Waals surface area contributed by atoms with E-state index in [1.807, 2.05) is 0 Å². The number of carbonyl (C=O) groups is 2. The van der Waals surface area contributed by atoms with Crippen LogP contribution in [0.4, 0.5) is 0 Å². The summed E-state index contributed by atoms with van der Waals surface area (Å²) >= 11 is 0. The van der Waals surface area contributed by atoms with Crippen LogP contribution in [0, 0.1) is 0 Å². The van der Waals surface area contributed by atoms with Crippen molar-refractivity contribution < 1.29 is 32.1 Å². The smallest absolute Gasteiger partial charge is 0.315 e. The van der Waals surface area contributed by atoms with Gasteiger partial charge in [0.2, 0.25) is 0 Å². The summed E-state index contributed by atoms with van der Waals surface area (Å²) in [6.45, 7) is 19.3. The zero-order valence-corrected chi connectivity index (χ0v) is 25.3. The van der Waals surface area contributed by atoms with Crippen molar-refractivity contribution in [2.75, 3.05) is 6.54 Å². The zero-order chi connectivity index (χ0) is 25.4. The number of amides is 2. The normalized spacial score (nSPS) is 17.0. The number of aliphatic hydroxyl groups is 2. The summed E-state index contributed by atoms with van der Waals surface area (Å²) in [5.41, 5.74) is 0.677. The summed E-state index contributed by atoms with van der Waals surface area (Å²) in [5, 5.41) is 18.8. The van der Waals surface area contributed by atoms with Crippen LogP contribution in [-0.2, 0) is 12.3 Å². The molecule has 1 aromatic carbocycles. The highest BCUT2D eigenvalue weighted by molar-refractivity contribution is 6.89. The van der Waals surface area contributed by atoms with E-state index >= 15 is 0 Å². The van der Waals surface area contributed by atoms with E-state index < -0.39 is 46.0 Å². The summed E-state index contributed by atoms with van der Waals surface area (Å²) in [5.74, 6) is -0.772. The molecule has 1 atom stereocenters. The van der Waals surface area contributed by atoms with Crippen molar-refractivity contribution in [2.45, 2.75) is 77.7 Å². The molecular weight excluding hydrogens is 491 g/mol. The summed E-state index contributed by atoms with van der Waals surface area (Å²) < 4.78 is 19.6. The zero-order valence-electron chi connectivity index (χ0n) is 21.3. The number of hydrogen-bond donors (Lipinski definition) is 2. The van der Waals surface area contributed by atoms with Crippen molar-refractivity contribution in [3.63, 3.8) is 0 Å². The van der Waals surface area contributed by atoms with E-state index in [9.17, 15) is 19.8 Å². The highest BCUT2D eigenvalue weighted by Gasteiger charge is 2.44.